The topological polar surface area (TPSA) is 175 Å². The maximum absolute atomic E-state index is 10.3. The van der Waals surface area contributed by atoms with Gasteiger partial charge in [0.2, 0.25) is 0 Å². The van der Waals surface area contributed by atoms with Gasteiger partial charge in [0.25, 0.3) is 0 Å². The fourth-order valence-corrected chi connectivity index (χ4v) is 3.73. The summed E-state index contributed by atoms with van der Waals surface area (Å²) in [5.74, 6) is -5.02. The van der Waals surface area contributed by atoms with Crippen molar-refractivity contribution in [3.63, 3.8) is 0 Å². The average molecular weight is 523 g/mol. The number of aliphatic carboxylic acids is 3. The standard InChI is InChI=1S/C19H30N4O.C6H8O7/c1-15(2)23-17(4)19(16(3)21-23)14-22(11-8-12-24-5)13-18-9-6-7-10-20-18;7-3(8)1-6(13,5(11)12)2-4(9)10/h6-7,9-10,15H,8,11-14H2,1-5H3;13H,1-2H2,(H,7,8)(H,9,10)(H,11,12). The van der Waals surface area contributed by atoms with Crippen molar-refractivity contribution < 1.29 is 39.5 Å². The minimum atomic E-state index is -2.74. The molecule has 37 heavy (non-hydrogen) atoms. The molecule has 0 atom stereocenters. The molecule has 0 aliphatic heterocycles. The molecule has 0 bridgehead atoms. The maximum Gasteiger partial charge on any atom is 0.336 e. The van der Waals surface area contributed by atoms with E-state index in [1.165, 1.54) is 11.3 Å². The van der Waals surface area contributed by atoms with Crippen LogP contribution < -0.4 is 0 Å². The first-order valence-corrected chi connectivity index (χ1v) is 11.9. The van der Waals surface area contributed by atoms with Gasteiger partial charge in [-0.15, -0.1) is 0 Å². The van der Waals surface area contributed by atoms with Crippen LogP contribution in [-0.4, -0.2) is 83.9 Å². The Morgan fingerprint density at radius 3 is 2.14 bits per heavy atom. The molecular weight excluding hydrogens is 484 g/mol. The van der Waals surface area contributed by atoms with Crippen LogP contribution in [0.15, 0.2) is 24.4 Å². The van der Waals surface area contributed by atoms with Crippen LogP contribution in [-0.2, 0) is 32.2 Å². The lowest BCUT2D eigenvalue weighted by Gasteiger charge is -2.22. The van der Waals surface area contributed by atoms with Crippen molar-refractivity contribution in [3.05, 3.63) is 47.0 Å². The zero-order valence-electron chi connectivity index (χ0n) is 22.0. The number of carboxylic acid groups (broad SMARTS) is 3. The van der Waals surface area contributed by atoms with Crippen LogP contribution >= 0.6 is 0 Å². The lowest BCUT2D eigenvalue weighted by Crippen LogP contribution is -2.42. The van der Waals surface area contributed by atoms with Gasteiger partial charge in [0, 0.05) is 56.8 Å². The van der Waals surface area contributed by atoms with Gasteiger partial charge in [-0.2, -0.15) is 5.10 Å². The van der Waals surface area contributed by atoms with Crippen LogP contribution in [0.1, 0.15) is 61.8 Å². The van der Waals surface area contributed by atoms with Crippen molar-refractivity contribution in [1.29, 1.82) is 0 Å². The molecule has 2 heterocycles. The van der Waals surface area contributed by atoms with E-state index in [-0.39, 0.29) is 0 Å². The molecule has 0 saturated carbocycles. The molecule has 0 unspecified atom stereocenters. The second-order valence-electron chi connectivity index (χ2n) is 9.04. The fraction of sp³-hybridized carbons (Fsp3) is 0.560. The summed E-state index contributed by atoms with van der Waals surface area (Å²) in [5, 5.41) is 38.5. The zero-order valence-corrected chi connectivity index (χ0v) is 22.0. The Morgan fingerprint density at radius 1 is 1.08 bits per heavy atom. The molecule has 206 valence electrons. The molecule has 0 radical (unpaired) electrons. The quantitative estimate of drug-likeness (QED) is 0.268. The van der Waals surface area contributed by atoms with Gasteiger partial charge in [0.05, 0.1) is 24.2 Å². The van der Waals surface area contributed by atoms with Gasteiger partial charge in [0.15, 0.2) is 5.60 Å². The fourth-order valence-electron chi connectivity index (χ4n) is 3.73. The van der Waals surface area contributed by atoms with E-state index < -0.39 is 36.4 Å². The van der Waals surface area contributed by atoms with Crippen LogP contribution in [0.4, 0.5) is 0 Å². The van der Waals surface area contributed by atoms with E-state index in [1.54, 1.807) is 7.11 Å². The molecule has 0 aliphatic carbocycles. The molecule has 0 aromatic carbocycles. The number of ether oxygens (including phenoxy) is 1. The average Bonchev–Trinajstić information content (AvgIpc) is 3.07. The molecule has 2 rings (SSSR count). The Morgan fingerprint density at radius 2 is 1.70 bits per heavy atom. The summed E-state index contributed by atoms with van der Waals surface area (Å²) in [6, 6.07) is 6.47. The molecule has 0 spiro atoms. The molecular formula is C25H38N4O8. The molecule has 4 N–H and O–H groups in total. The lowest BCUT2D eigenvalue weighted by atomic mass is 9.96. The SMILES string of the molecule is COCCCN(Cc1ccccn1)Cc1c(C)nn(C(C)C)c1C.O=C(O)CC(O)(CC(=O)O)C(=O)O. The number of hydrogen-bond acceptors (Lipinski definition) is 8. The highest BCUT2D eigenvalue weighted by molar-refractivity contribution is 5.88. The molecule has 0 amide bonds. The molecule has 0 fully saturated rings. The normalized spacial score (nSPS) is 11.4. The van der Waals surface area contributed by atoms with Crippen LogP contribution in [0.3, 0.4) is 0 Å². The van der Waals surface area contributed by atoms with Crippen LogP contribution in [0.5, 0.6) is 0 Å². The van der Waals surface area contributed by atoms with Crippen LogP contribution in [0.2, 0.25) is 0 Å². The molecule has 12 nitrogen and oxygen atoms in total. The highest BCUT2D eigenvalue weighted by Gasteiger charge is 2.40. The number of carboxylic acids is 3. The molecule has 0 saturated heterocycles. The summed E-state index contributed by atoms with van der Waals surface area (Å²) in [6.07, 6.45) is 0.582. The number of carbonyl (C=O) groups is 3. The van der Waals surface area contributed by atoms with Crippen molar-refractivity contribution in [2.45, 2.75) is 71.7 Å². The third kappa shape index (κ3) is 10.7. The first-order chi connectivity index (χ1) is 17.3. The van der Waals surface area contributed by atoms with Crippen LogP contribution in [0, 0.1) is 13.8 Å². The highest BCUT2D eigenvalue weighted by atomic mass is 16.5. The van der Waals surface area contributed by atoms with Crippen molar-refractivity contribution in [2.24, 2.45) is 0 Å². The van der Waals surface area contributed by atoms with Gasteiger partial charge >= 0.3 is 17.9 Å². The minimum Gasteiger partial charge on any atom is -0.481 e. The van der Waals surface area contributed by atoms with Gasteiger partial charge < -0.3 is 25.2 Å². The van der Waals surface area contributed by atoms with Gasteiger partial charge in [0.1, 0.15) is 0 Å². The molecule has 0 aliphatic rings. The third-order valence-electron chi connectivity index (χ3n) is 5.57. The van der Waals surface area contributed by atoms with E-state index in [1.807, 2.05) is 18.3 Å². The van der Waals surface area contributed by atoms with E-state index in [0.29, 0.717) is 6.04 Å². The summed E-state index contributed by atoms with van der Waals surface area (Å²) >= 11 is 0. The first-order valence-electron chi connectivity index (χ1n) is 11.9. The number of rotatable bonds is 14. The van der Waals surface area contributed by atoms with Crippen molar-refractivity contribution >= 4 is 17.9 Å². The zero-order chi connectivity index (χ0) is 28.2. The highest BCUT2D eigenvalue weighted by Crippen LogP contribution is 2.20. The maximum atomic E-state index is 10.3. The van der Waals surface area contributed by atoms with E-state index in [0.717, 1.165) is 44.0 Å². The smallest absolute Gasteiger partial charge is 0.336 e. The Labute approximate surface area is 216 Å². The van der Waals surface area contributed by atoms with Crippen molar-refractivity contribution in [1.82, 2.24) is 19.7 Å². The number of nitrogens with zero attached hydrogens (tertiary/aromatic N) is 4. The summed E-state index contributed by atoms with van der Waals surface area (Å²) in [6.45, 7) is 12.1. The first kappa shape index (κ1) is 31.7. The van der Waals surface area contributed by atoms with Gasteiger partial charge in [-0.3, -0.25) is 24.2 Å². The Bertz CT molecular complexity index is 1010. The van der Waals surface area contributed by atoms with E-state index in [2.05, 4.69) is 48.3 Å². The number of aliphatic hydroxyl groups is 1. The summed E-state index contributed by atoms with van der Waals surface area (Å²) in [7, 11) is 1.75. The number of pyridine rings is 1. The summed E-state index contributed by atoms with van der Waals surface area (Å²) in [4.78, 5) is 37.4. The number of aromatic nitrogens is 3. The Hall–Kier alpha value is -3.35. The van der Waals surface area contributed by atoms with Gasteiger partial charge in [-0.05, 0) is 46.2 Å². The summed E-state index contributed by atoms with van der Waals surface area (Å²) < 4.78 is 7.34. The van der Waals surface area contributed by atoms with Crippen molar-refractivity contribution in [3.8, 4) is 0 Å². The number of methoxy groups -OCH3 is 1. The van der Waals surface area contributed by atoms with Crippen molar-refractivity contribution in [2.75, 3.05) is 20.3 Å². The largest absolute Gasteiger partial charge is 0.481 e. The Balaban J connectivity index is 0.000000448. The molecule has 2 aromatic heterocycles. The predicted molar refractivity (Wildman–Crippen MR) is 134 cm³/mol. The predicted octanol–water partition coefficient (Wildman–Crippen LogP) is 2.27. The summed E-state index contributed by atoms with van der Waals surface area (Å²) in [5.41, 5.74) is 2.08. The second kappa shape index (κ2) is 15.0. The monoisotopic (exact) mass is 522 g/mol. The Kier molecular flexibility index (Phi) is 12.9. The van der Waals surface area contributed by atoms with E-state index >= 15 is 0 Å². The van der Waals surface area contributed by atoms with E-state index in [4.69, 9.17) is 30.3 Å². The second-order valence-corrected chi connectivity index (χ2v) is 9.04. The molecule has 2 aromatic rings. The molecule has 12 heteroatoms. The van der Waals surface area contributed by atoms with Gasteiger partial charge in [-0.25, -0.2) is 4.79 Å². The third-order valence-corrected chi connectivity index (χ3v) is 5.57. The van der Waals surface area contributed by atoms with Gasteiger partial charge in [-0.1, -0.05) is 6.07 Å². The minimum absolute atomic E-state index is 0.384. The van der Waals surface area contributed by atoms with E-state index in [9.17, 15) is 14.4 Å². The number of aryl methyl sites for hydroxylation is 1. The van der Waals surface area contributed by atoms with Crippen LogP contribution in [0.25, 0.3) is 0 Å². The number of hydrogen-bond donors (Lipinski definition) is 4. The lowest BCUT2D eigenvalue weighted by molar-refractivity contribution is -0.170.